The lowest BCUT2D eigenvalue weighted by molar-refractivity contribution is -0.643. The first-order chi connectivity index (χ1) is 18.3. The smallest absolute Gasteiger partial charge is 0.224 e. The maximum Gasteiger partial charge on any atom is 0.224 e. The van der Waals surface area contributed by atoms with Crippen LogP contribution in [0.1, 0.15) is 37.5 Å². The Balaban J connectivity index is 1.77. The summed E-state index contributed by atoms with van der Waals surface area (Å²) < 4.78 is 4.94. The highest BCUT2D eigenvalue weighted by molar-refractivity contribution is 6.88. The van der Waals surface area contributed by atoms with Gasteiger partial charge in [-0.1, -0.05) is 69.9 Å². The van der Waals surface area contributed by atoms with Crippen LogP contribution in [0, 0.1) is 19.3 Å². The molecule has 0 fully saturated rings. The van der Waals surface area contributed by atoms with Crippen LogP contribution < -0.4 is 9.75 Å². The Hall–Kier alpha value is -3.43. The number of hydrogen-bond acceptors (Lipinski definition) is 0. The van der Waals surface area contributed by atoms with E-state index >= 15 is 0 Å². The van der Waals surface area contributed by atoms with Gasteiger partial charge in [0.15, 0.2) is 6.20 Å². The molecule has 0 unspecified atom stereocenters. The molecule has 0 aliphatic rings. The first kappa shape index (κ1) is 24.6. The fourth-order valence-electron chi connectivity index (χ4n) is 6.94. The third-order valence-corrected chi connectivity index (χ3v) is 11.0. The van der Waals surface area contributed by atoms with Gasteiger partial charge in [-0.25, -0.2) is 4.57 Å². The van der Waals surface area contributed by atoms with E-state index in [1.807, 2.05) is 0 Å². The normalized spacial score (nSPS) is 13.4. The second kappa shape index (κ2) is 7.82. The molecule has 7 rings (SSSR count). The van der Waals surface area contributed by atoms with Crippen LogP contribution in [0.15, 0.2) is 60.8 Å². The number of hydrogen-bond donors (Lipinski definition) is 0. The molecular formula is C36H39N2Si+. The summed E-state index contributed by atoms with van der Waals surface area (Å²) in [4.78, 5) is 0. The van der Waals surface area contributed by atoms with Crippen molar-refractivity contribution in [3.63, 3.8) is 0 Å². The predicted molar refractivity (Wildman–Crippen MR) is 173 cm³/mol. The lowest BCUT2D eigenvalue weighted by atomic mass is 9.87. The molecule has 0 atom stereocenters. The summed E-state index contributed by atoms with van der Waals surface area (Å²) in [5.41, 5.74) is 9.74. The number of aromatic nitrogens is 2. The summed E-state index contributed by atoms with van der Waals surface area (Å²) in [6, 6.07) is 21.7. The van der Waals surface area contributed by atoms with Crippen LogP contribution in [0.2, 0.25) is 19.6 Å². The molecular weight excluding hydrogens is 488 g/mol. The molecule has 3 heterocycles. The molecule has 7 aromatic rings. The molecule has 0 aliphatic carbocycles. The molecule has 0 radical (unpaired) electrons. The Kier molecular flexibility index (Phi) is 4.93. The maximum atomic E-state index is 2.59. The van der Waals surface area contributed by atoms with Gasteiger partial charge in [-0.15, -0.1) is 0 Å². The Bertz CT molecular complexity index is 2130. The van der Waals surface area contributed by atoms with E-state index in [4.69, 9.17) is 0 Å². The van der Waals surface area contributed by atoms with Gasteiger partial charge >= 0.3 is 0 Å². The van der Waals surface area contributed by atoms with Crippen molar-refractivity contribution in [1.82, 2.24) is 4.40 Å². The van der Waals surface area contributed by atoms with Gasteiger partial charge < -0.3 is 4.40 Å². The van der Waals surface area contributed by atoms with E-state index in [1.54, 1.807) is 0 Å². The fourth-order valence-corrected chi connectivity index (χ4v) is 8.11. The highest BCUT2D eigenvalue weighted by Crippen LogP contribution is 2.43. The van der Waals surface area contributed by atoms with E-state index in [2.05, 4.69) is 131 Å². The van der Waals surface area contributed by atoms with Gasteiger partial charge in [0.1, 0.15) is 7.05 Å². The topological polar surface area (TPSA) is 8.29 Å². The minimum atomic E-state index is -1.44. The molecule has 3 heteroatoms. The summed E-state index contributed by atoms with van der Waals surface area (Å²) in [7, 11) is 0.773. The molecule has 2 nitrogen and oxygen atoms in total. The summed E-state index contributed by atoms with van der Waals surface area (Å²) in [6.07, 6.45) is 3.34. The van der Waals surface area contributed by atoms with Gasteiger partial charge in [0.25, 0.3) is 0 Å². The van der Waals surface area contributed by atoms with Gasteiger partial charge in [0, 0.05) is 22.2 Å². The average molecular weight is 528 g/mol. The quantitative estimate of drug-likeness (QED) is 0.0919. The van der Waals surface area contributed by atoms with Crippen molar-refractivity contribution in [2.45, 2.75) is 60.7 Å². The van der Waals surface area contributed by atoms with E-state index in [0.717, 1.165) is 6.42 Å². The van der Waals surface area contributed by atoms with Gasteiger partial charge in [0.05, 0.1) is 35.4 Å². The molecule has 196 valence electrons. The molecule has 0 aliphatic heterocycles. The van der Waals surface area contributed by atoms with Crippen LogP contribution in [0.25, 0.3) is 59.8 Å². The third-order valence-electron chi connectivity index (χ3n) is 8.93. The molecule has 4 aromatic carbocycles. The number of rotatable bonds is 2. The minimum Gasteiger partial charge on any atom is -0.307 e. The standard InChI is InChI=1S/C36H39N2Si/c1-21-16-29-28-17-23(20-36(3,4)5)10-13-30(28)38-31-19-24-18-25(39(7,8)9)11-12-26(24)27-14-15-37(6)35(33(27)31)32(22(21)2)34(29)38/h10-19H,20H2,1-9H3/q+1. The number of pyridine rings is 2. The average Bonchev–Trinajstić information content (AvgIpc) is 3.16. The van der Waals surface area contributed by atoms with Crippen molar-refractivity contribution < 1.29 is 4.57 Å². The van der Waals surface area contributed by atoms with Crippen LogP contribution in [-0.4, -0.2) is 12.5 Å². The predicted octanol–water partition coefficient (Wildman–Crippen LogP) is 8.72. The Morgan fingerprint density at radius 1 is 0.769 bits per heavy atom. The summed E-state index contributed by atoms with van der Waals surface area (Å²) in [5, 5.41) is 11.1. The lowest BCUT2D eigenvalue weighted by Crippen LogP contribution is -2.37. The van der Waals surface area contributed by atoms with Crippen molar-refractivity contribution in [3.05, 3.63) is 77.5 Å². The van der Waals surface area contributed by atoms with Crippen molar-refractivity contribution in [1.29, 1.82) is 0 Å². The van der Waals surface area contributed by atoms with Gasteiger partial charge in [0.2, 0.25) is 5.52 Å². The number of benzene rings is 4. The SMILES string of the molecule is Cc1cc2c3cc(CC(C)(C)C)ccc3n3c4cc5cc([Si](C)(C)C)ccc5c5cc[n+](C)c(c(c1C)c23)c54. The fraction of sp³-hybridized carbons (Fsp3) is 0.306. The van der Waals surface area contributed by atoms with Crippen molar-refractivity contribution in [3.8, 4) is 0 Å². The third kappa shape index (κ3) is 3.48. The van der Waals surface area contributed by atoms with Gasteiger partial charge in [-0.2, -0.15) is 0 Å². The Labute approximate surface area is 232 Å². The van der Waals surface area contributed by atoms with Crippen LogP contribution >= 0.6 is 0 Å². The first-order valence-electron chi connectivity index (χ1n) is 14.3. The van der Waals surface area contributed by atoms with Crippen LogP contribution in [0.4, 0.5) is 0 Å². The van der Waals surface area contributed by atoms with E-state index in [-0.39, 0.29) is 5.41 Å². The second-order valence-electron chi connectivity index (χ2n) is 14.2. The zero-order valence-corrected chi connectivity index (χ0v) is 25.9. The van der Waals surface area contributed by atoms with Gasteiger partial charge in [-0.05, 0) is 77.4 Å². The Morgan fingerprint density at radius 3 is 2.26 bits per heavy atom. The molecule has 3 aromatic heterocycles. The summed E-state index contributed by atoms with van der Waals surface area (Å²) in [5.74, 6) is 0. The Morgan fingerprint density at radius 2 is 1.54 bits per heavy atom. The monoisotopic (exact) mass is 527 g/mol. The van der Waals surface area contributed by atoms with Gasteiger partial charge in [-0.3, -0.25) is 0 Å². The highest BCUT2D eigenvalue weighted by Gasteiger charge is 2.26. The first-order valence-corrected chi connectivity index (χ1v) is 17.8. The molecule has 0 bridgehead atoms. The minimum absolute atomic E-state index is 0.250. The van der Waals surface area contributed by atoms with E-state index in [0.29, 0.717) is 0 Å². The van der Waals surface area contributed by atoms with Crippen molar-refractivity contribution in [2.24, 2.45) is 12.5 Å². The second-order valence-corrected chi connectivity index (χ2v) is 19.2. The zero-order chi connectivity index (χ0) is 27.6. The summed E-state index contributed by atoms with van der Waals surface area (Å²) in [6.45, 7) is 18.9. The highest BCUT2D eigenvalue weighted by atomic mass is 28.3. The van der Waals surface area contributed by atoms with Crippen molar-refractivity contribution in [2.75, 3.05) is 0 Å². The summed E-state index contributed by atoms with van der Waals surface area (Å²) >= 11 is 0. The van der Waals surface area contributed by atoms with Crippen LogP contribution in [0.3, 0.4) is 0 Å². The maximum absolute atomic E-state index is 2.59. The molecule has 39 heavy (non-hydrogen) atoms. The molecule has 0 spiro atoms. The molecule has 0 amide bonds. The lowest BCUT2D eigenvalue weighted by Gasteiger charge is -2.19. The van der Waals surface area contributed by atoms with E-state index in [1.165, 1.54) is 81.6 Å². The number of nitrogens with zero attached hydrogens (tertiary/aromatic N) is 2. The molecule has 0 N–H and O–H groups in total. The van der Waals surface area contributed by atoms with Crippen LogP contribution in [0.5, 0.6) is 0 Å². The zero-order valence-electron chi connectivity index (χ0n) is 24.9. The van der Waals surface area contributed by atoms with E-state index in [9.17, 15) is 0 Å². The van der Waals surface area contributed by atoms with Crippen molar-refractivity contribution >= 4 is 73.0 Å². The van der Waals surface area contributed by atoms with Crippen LogP contribution in [-0.2, 0) is 13.5 Å². The number of aryl methyl sites for hydroxylation is 3. The molecule has 0 saturated carbocycles. The van der Waals surface area contributed by atoms with E-state index < -0.39 is 8.07 Å². The molecule has 0 saturated heterocycles. The number of fused-ring (bicyclic) bond motifs is 7. The largest absolute Gasteiger partial charge is 0.307 e.